The summed E-state index contributed by atoms with van der Waals surface area (Å²) in [6.45, 7) is 8.44. The minimum absolute atomic E-state index is 0. The summed E-state index contributed by atoms with van der Waals surface area (Å²) in [5.74, 6) is 1.62. The maximum atomic E-state index is 4.24. The number of imidazole rings is 1. The van der Waals surface area contributed by atoms with Crippen molar-refractivity contribution >= 4 is 29.9 Å². The first kappa shape index (κ1) is 19.2. The number of halogens is 1. The Labute approximate surface area is 139 Å². The van der Waals surface area contributed by atoms with E-state index in [4.69, 9.17) is 0 Å². The van der Waals surface area contributed by atoms with Crippen molar-refractivity contribution in [2.75, 3.05) is 13.6 Å². The number of aliphatic imine (C=N–C) groups is 1. The summed E-state index contributed by atoms with van der Waals surface area (Å²) in [6, 6.07) is 0.446. The summed E-state index contributed by atoms with van der Waals surface area (Å²) in [5.41, 5.74) is 0. The number of aromatic nitrogens is 2. The van der Waals surface area contributed by atoms with E-state index >= 15 is 0 Å². The second-order valence-corrected chi connectivity index (χ2v) is 5.32. The lowest BCUT2D eigenvalue weighted by Gasteiger charge is -2.18. The Morgan fingerprint density at radius 1 is 1.30 bits per heavy atom. The molecule has 20 heavy (non-hydrogen) atoms. The summed E-state index contributed by atoms with van der Waals surface area (Å²) in [6.07, 6.45) is 7.98. The van der Waals surface area contributed by atoms with Crippen LogP contribution in [0.4, 0.5) is 0 Å². The molecule has 1 unspecified atom stereocenters. The lowest BCUT2D eigenvalue weighted by molar-refractivity contribution is 0.488. The number of guanidine groups is 1. The van der Waals surface area contributed by atoms with Gasteiger partial charge in [0.05, 0.1) is 6.33 Å². The summed E-state index contributed by atoms with van der Waals surface area (Å²) >= 11 is 0. The van der Waals surface area contributed by atoms with Gasteiger partial charge in [-0.1, -0.05) is 13.8 Å². The first-order valence-corrected chi connectivity index (χ1v) is 7.04. The van der Waals surface area contributed by atoms with Gasteiger partial charge in [-0.2, -0.15) is 0 Å². The van der Waals surface area contributed by atoms with Crippen LogP contribution in [0, 0.1) is 5.92 Å². The molecule has 0 bridgehead atoms. The van der Waals surface area contributed by atoms with Crippen LogP contribution in [0.15, 0.2) is 23.7 Å². The van der Waals surface area contributed by atoms with E-state index in [1.165, 1.54) is 12.8 Å². The Hall–Kier alpha value is -0.790. The molecule has 0 aromatic carbocycles. The van der Waals surface area contributed by atoms with Crippen LogP contribution in [0.1, 0.15) is 33.6 Å². The van der Waals surface area contributed by atoms with E-state index in [-0.39, 0.29) is 24.0 Å². The smallest absolute Gasteiger partial charge is 0.191 e. The highest BCUT2D eigenvalue weighted by Crippen LogP contribution is 2.06. The van der Waals surface area contributed by atoms with Gasteiger partial charge in [0.2, 0.25) is 0 Å². The molecule has 0 spiro atoms. The molecule has 5 nitrogen and oxygen atoms in total. The fourth-order valence-corrected chi connectivity index (χ4v) is 1.81. The van der Waals surface area contributed by atoms with E-state index in [1.54, 1.807) is 6.20 Å². The average Bonchev–Trinajstić information content (AvgIpc) is 2.88. The van der Waals surface area contributed by atoms with Crippen molar-refractivity contribution in [2.45, 2.75) is 46.2 Å². The summed E-state index contributed by atoms with van der Waals surface area (Å²) in [5, 5.41) is 6.73. The third kappa shape index (κ3) is 8.39. The summed E-state index contributed by atoms with van der Waals surface area (Å²) < 4.78 is 2.04. The predicted molar refractivity (Wildman–Crippen MR) is 95.7 cm³/mol. The SMILES string of the molecule is CN=C(NCCn1ccnc1)NC(C)CCC(C)C.I. The molecule has 0 amide bonds. The fraction of sp³-hybridized carbons (Fsp3) is 0.714. The molecule has 0 saturated heterocycles. The Morgan fingerprint density at radius 2 is 2.05 bits per heavy atom. The lowest BCUT2D eigenvalue weighted by Crippen LogP contribution is -2.43. The quantitative estimate of drug-likeness (QED) is 0.425. The first-order valence-electron chi connectivity index (χ1n) is 7.04. The number of hydrogen-bond donors (Lipinski definition) is 2. The second kappa shape index (κ2) is 10.9. The van der Waals surface area contributed by atoms with Gasteiger partial charge >= 0.3 is 0 Å². The van der Waals surface area contributed by atoms with Gasteiger partial charge in [-0.25, -0.2) is 4.98 Å². The zero-order chi connectivity index (χ0) is 14.1. The monoisotopic (exact) mass is 393 g/mol. The van der Waals surface area contributed by atoms with Gasteiger partial charge in [-0.05, 0) is 25.7 Å². The van der Waals surface area contributed by atoms with Gasteiger partial charge in [0.1, 0.15) is 0 Å². The van der Waals surface area contributed by atoms with E-state index in [1.807, 2.05) is 24.1 Å². The van der Waals surface area contributed by atoms with E-state index in [0.29, 0.717) is 6.04 Å². The van der Waals surface area contributed by atoms with E-state index < -0.39 is 0 Å². The summed E-state index contributed by atoms with van der Waals surface area (Å²) in [4.78, 5) is 8.26. The molecule has 1 atom stereocenters. The topological polar surface area (TPSA) is 54.2 Å². The highest BCUT2D eigenvalue weighted by molar-refractivity contribution is 14.0. The molecule has 0 fully saturated rings. The van der Waals surface area contributed by atoms with Crippen LogP contribution in [-0.4, -0.2) is 35.1 Å². The van der Waals surface area contributed by atoms with Crippen molar-refractivity contribution in [2.24, 2.45) is 10.9 Å². The predicted octanol–water partition coefficient (Wildman–Crippen LogP) is 2.49. The van der Waals surface area contributed by atoms with Crippen LogP contribution >= 0.6 is 24.0 Å². The molecule has 0 aliphatic rings. The molecule has 1 heterocycles. The first-order chi connectivity index (χ1) is 9.11. The molecule has 116 valence electrons. The highest BCUT2D eigenvalue weighted by Gasteiger charge is 2.05. The highest BCUT2D eigenvalue weighted by atomic mass is 127. The number of hydrogen-bond acceptors (Lipinski definition) is 2. The van der Waals surface area contributed by atoms with Gasteiger partial charge in [0.25, 0.3) is 0 Å². The average molecular weight is 393 g/mol. The largest absolute Gasteiger partial charge is 0.355 e. The van der Waals surface area contributed by atoms with E-state index in [2.05, 4.69) is 41.4 Å². The molecule has 1 aromatic heterocycles. The van der Waals surface area contributed by atoms with Crippen molar-refractivity contribution < 1.29 is 0 Å². The molecular formula is C14H28IN5. The third-order valence-electron chi connectivity index (χ3n) is 3.01. The number of nitrogens with one attached hydrogen (secondary N) is 2. The van der Waals surface area contributed by atoms with Crippen molar-refractivity contribution in [3.05, 3.63) is 18.7 Å². The van der Waals surface area contributed by atoms with Crippen molar-refractivity contribution in [1.82, 2.24) is 20.2 Å². The summed E-state index contributed by atoms with van der Waals surface area (Å²) in [7, 11) is 1.81. The Morgan fingerprint density at radius 3 is 2.60 bits per heavy atom. The van der Waals surface area contributed by atoms with Gasteiger partial charge in [0, 0.05) is 38.6 Å². The van der Waals surface area contributed by atoms with Crippen LogP contribution in [0.3, 0.4) is 0 Å². The molecular weight excluding hydrogens is 365 g/mol. The molecule has 2 N–H and O–H groups in total. The van der Waals surface area contributed by atoms with Crippen LogP contribution in [-0.2, 0) is 6.54 Å². The molecule has 0 saturated carbocycles. The normalized spacial score (nSPS) is 12.9. The Balaban J connectivity index is 0.00000361. The fourth-order valence-electron chi connectivity index (χ4n) is 1.81. The molecule has 0 aliphatic heterocycles. The minimum Gasteiger partial charge on any atom is -0.355 e. The third-order valence-corrected chi connectivity index (χ3v) is 3.01. The van der Waals surface area contributed by atoms with Crippen LogP contribution in [0.25, 0.3) is 0 Å². The maximum Gasteiger partial charge on any atom is 0.191 e. The number of nitrogens with zero attached hydrogens (tertiary/aromatic N) is 3. The molecule has 1 rings (SSSR count). The minimum atomic E-state index is 0. The Kier molecular flexibility index (Phi) is 10.5. The van der Waals surface area contributed by atoms with Crippen molar-refractivity contribution in [1.29, 1.82) is 0 Å². The van der Waals surface area contributed by atoms with E-state index in [9.17, 15) is 0 Å². The van der Waals surface area contributed by atoms with Crippen LogP contribution < -0.4 is 10.6 Å². The maximum absolute atomic E-state index is 4.24. The molecule has 1 aromatic rings. The lowest BCUT2D eigenvalue weighted by atomic mass is 10.0. The van der Waals surface area contributed by atoms with E-state index in [0.717, 1.165) is 25.0 Å². The zero-order valence-electron chi connectivity index (χ0n) is 13.0. The zero-order valence-corrected chi connectivity index (χ0v) is 15.3. The van der Waals surface area contributed by atoms with Gasteiger partial charge in [-0.15, -0.1) is 24.0 Å². The van der Waals surface area contributed by atoms with Crippen LogP contribution in [0.2, 0.25) is 0 Å². The standard InChI is InChI=1S/C14H27N5.HI/c1-12(2)5-6-13(3)18-14(15-4)17-8-10-19-9-7-16-11-19;/h7,9,11-13H,5-6,8,10H2,1-4H3,(H2,15,17,18);1H. The second-order valence-electron chi connectivity index (χ2n) is 5.32. The van der Waals surface area contributed by atoms with Crippen molar-refractivity contribution in [3.63, 3.8) is 0 Å². The van der Waals surface area contributed by atoms with Crippen molar-refractivity contribution in [3.8, 4) is 0 Å². The van der Waals surface area contributed by atoms with Gasteiger partial charge < -0.3 is 15.2 Å². The molecule has 0 aliphatic carbocycles. The van der Waals surface area contributed by atoms with Gasteiger partial charge in [0.15, 0.2) is 5.96 Å². The number of rotatable bonds is 7. The van der Waals surface area contributed by atoms with Crippen LogP contribution in [0.5, 0.6) is 0 Å². The Bertz CT molecular complexity index is 362. The van der Waals surface area contributed by atoms with Gasteiger partial charge in [-0.3, -0.25) is 4.99 Å². The molecule has 0 radical (unpaired) electrons. The molecule has 6 heteroatoms.